The first kappa shape index (κ1) is 18.1. The van der Waals surface area contributed by atoms with E-state index < -0.39 is 5.60 Å². The SMILES string of the molecule is COCCOCCCNCCNC(=O)OC(C)(C)C. The normalized spacial score (nSPS) is 11.4. The van der Waals surface area contributed by atoms with Crippen molar-refractivity contribution in [1.82, 2.24) is 10.6 Å². The van der Waals surface area contributed by atoms with Gasteiger partial charge in [0.1, 0.15) is 5.60 Å². The third-order valence-corrected chi connectivity index (χ3v) is 2.04. The van der Waals surface area contributed by atoms with Gasteiger partial charge in [0.05, 0.1) is 13.2 Å². The summed E-state index contributed by atoms with van der Waals surface area (Å²) < 4.78 is 15.3. The van der Waals surface area contributed by atoms with Gasteiger partial charge in [-0.05, 0) is 33.7 Å². The van der Waals surface area contributed by atoms with Crippen molar-refractivity contribution >= 4 is 6.09 Å². The number of hydrogen-bond acceptors (Lipinski definition) is 5. The second-order valence-corrected chi connectivity index (χ2v) is 5.14. The number of ether oxygens (including phenoxy) is 3. The minimum atomic E-state index is -0.447. The zero-order chi connectivity index (χ0) is 14.6. The fourth-order valence-corrected chi connectivity index (χ4v) is 1.24. The Morgan fingerprint density at radius 1 is 1.05 bits per heavy atom. The van der Waals surface area contributed by atoms with Crippen molar-refractivity contribution in [2.24, 2.45) is 0 Å². The van der Waals surface area contributed by atoms with Crippen LogP contribution in [0.15, 0.2) is 0 Å². The van der Waals surface area contributed by atoms with Crippen LogP contribution in [-0.2, 0) is 14.2 Å². The Labute approximate surface area is 116 Å². The Kier molecular flexibility index (Phi) is 10.5. The summed E-state index contributed by atoms with van der Waals surface area (Å²) in [6.45, 7) is 9.65. The summed E-state index contributed by atoms with van der Waals surface area (Å²) >= 11 is 0. The first-order chi connectivity index (χ1) is 8.95. The van der Waals surface area contributed by atoms with Gasteiger partial charge in [0, 0.05) is 26.8 Å². The molecule has 6 nitrogen and oxygen atoms in total. The maximum absolute atomic E-state index is 11.3. The molecule has 114 valence electrons. The molecule has 0 rings (SSSR count). The van der Waals surface area contributed by atoms with Gasteiger partial charge in [-0.1, -0.05) is 0 Å². The molecule has 0 aliphatic carbocycles. The Morgan fingerprint density at radius 2 is 1.79 bits per heavy atom. The molecule has 0 bridgehead atoms. The van der Waals surface area contributed by atoms with Crippen LogP contribution in [0.4, 0.5) is 4.79 Å². The average molecular weight is 276 g/mol. The predicted octanol–water partition coefficient (Wildman–Crippen LogP) is 1.15. The fourth-order valence-electron chi connectivity index (χ4n) is 1.24. The summed E-state index contributed by atoms with van der Waals surface area (Å²) in [4.78, 5) is 11.3. The number of carbonyl (C=O) groups is 1. The van der Waals surface area contributed by atoms with Crippen LogP contribution in [0.1, 0.15) is 27.2 Å². The summed E-state index contributed by atoms with van der Waals surface area (Å²) in [7, 11) is 1.66. The van der Waals surface area contributed by atoms with Gasteiger partial charge < -0.3 is 24.8 Å². The third-order valence-electron chi connectivity index (χ3n) is 2.04. The zero-order valence-corrected chi connectivity index (χ0v) is 12.6. The van der Waals surface area contributed by atoms with Gasteiger partial charge in [-0.3, -0.25) is 0 Å². The van der Waals surface area contributed by atoms with Crippen molar-refractivity contribution in [1.29, 1.82) is 0 Å². The van der Waals surface area contributed by atoms with E-state index in [1.807, 2.05) is 20.8 Å². The van der Waals surface area contributed by atoms with Crippen LogP contribution in [-0.4, -0.2) is 58.3 Å². The molecule has 0 radical (unpaired) electrons. The van der Waals surface area contributed by atoms with Gasteiger partial charge in [0.15, 0.2) is 0 Å². The van der Waals surface area contributed by atoms with E-state index in [-0.39, 0.29) is 6.09 Å². The molecule has 0 unspecified atom stereocenters. The number of amides is 1. The molecular formula is C13H28N2O4. The minimum Gasteiger partial charge on any atom is -0.444 e. The van der Waals surface area contributed by atoms with E-state index in [9.17, 15) is 4.79 Å². The maximum Gasteiger partial charge on any atom is 0.407 e. The van der Waals surface area contributed by atoms with Crippen LogP contribution in [0.3, 0.4) is 0 Å². The molecular weight excluding hydrogens is 248 g/mol. The van der Waals surface area contributed by atoms with E-state index in [0.29, 0.717) is 19.8 Å². The summed E-state index contributed by atoms with van der Waals surface area (Å²) in [6, 6.07) is 0. The second-order valence-electron chi connectivity index (χ2n) is 5.14. The summed E-state index contributed by atoms with van der Waals surface area (Å²) in [5.74, 6) is 0. The van der Waals surface area contributed by atoms with Gasteiger partial charge in [0.25, 0.3) is 0 Å². The van der Waals surface area contributed by atoms with Gasteiger partial charge in [-0.15, -0.1) is 0 Å². The van der Waals surface area contributed by atoms with E-state index in [4.69, 9.17) is 14.2 Å². The Hall–Kier alpha value is -0.850. The molecule has 0 spiro atoms. The number of nitrogens with one attached hydrogen (secondary N) is 2. The number of carbonyl (C=O) groups excluding carboxylic acids is 1. The van der Waals surface area contributed by atoms with Gasteiger partial charge in [-0.2, -0.15) is 0 Å². The molecule has 0 aliphatic heterocycles. The van der Waals surface area contributed by atoms with Crippen LogP contribution >= 0.6 is 0 Å². The first-order valence-corrected chi connectivity index (χ1v) is 6.70. The summed E-state index contributed by atoms with van der Waals surface area (Å²) in [5.41, 5.74) is -0.447. The quantitative estimate of drug-likeness (QED) is 0.586. The fraction of sp³-hybridized carbons (Fsp3) is 0.923. The largest absolute Gasteiger partial charge is 0.444 e. The molecule has 19 heavy (non-hydrogen) atoms. The van der Waals surface area contributed by atoms with Crippen molar-refractivity contribution in [3.8, 4) is 0 Å². The van der Waals surface area contributed by atoms with E-state index in [2.05, 4.69) is 10.6 Å². The number of methoxy groups -OCH3 is 1. The first-order valence-electron chi connectivity index (χ1n) is 6.70. The van der Waals surface area contributed by atoms with Crippen molar-refractivity contribution in [2.75, 3.05) is 46.6 Å². The topological polar surface area (TPSA) is 68.8 Å². The van der Waals surface area contributed by atoms with E-state index in [1.165, 1.54) is 0 Å². The lowest BCUT2D eigenvalue weighted by molar-refractivity contribution is 0.0528. The number of alkyl carbamates (subject to hydrolysis) is 1. The van der Waals surface area contributed by atoms with Crippen molar-refractivity contribution in [2.45, 2.75) is 32.8 Å². The lowest BCUT2D eigenvalue weighted by Gasteiger charge is -2.19. The smallest absolute Gasteiger partial charge is 0.407 e. The molecule has 0 fully saturated rings. The highest BCUT2D eigenvalue weighted by atomic mass is 16.6. The Bertz CT molecular complexity index is 229. The summed E-state index contributed by atoms with van der Waals surface area (Å²) in [5, 5.41) is 5.90. The monoisotopic (exact) mass is 276 g/mol. The number of hydrogen-bond donors (Lipinski definition) is 2. The highest BCUT2D eigenvalue weighted by molar-refractivity contribution is 5.67. The molecule has 0 atom stereocenters. The number of rotatable bonds is 10. The van der Waals surface area contributed by atoms with Crippen molar-refractivity contribution < 1.29 is 19.0 Å². The maximum atomic E-state index is 11.3. The van der Waals surface area contributed by atoms with E-state index in [0.717, 1.165) is 26.1 Å². The predicted molar refractivity (Wildman–Crippen MR) is 74.4 cm³/mol. The lowest BCUT2D eigenvalue weighted by atomic mass is 10.2. The third kappa shape index (κ3) is 15.1. The Balaban J connectivity index is 3.21. The zero-order valence-electron chi connectivity index (χ0n) is 12.6. The Morgan fingerprint density at radius 3 is 2.42 bits per heavy atom. The van der Waals surface area contributed by atoms with Crippen LogP contribution < -0.4 is 10.6 Å². The van der Waals surface area contributed by atoms with Gasteiger partial charge in [0.2, 0.25) is 0 Å². The van der Waals surface area contributed by atoms with Crippen LogP contribution in [0.25, 0.3) is 0 Å². The van der Waals surface area contributed by atoms with E-state index >= 15 is 0 Å². The highest BCUT2D eigenvalue weighted by Crippen LogP contribution is 2.05. The van der Waals surface area contributed by atoms with Gasteiger partial charge >= 0.3 is 6.09 Å². The summed E-state index contributed by atoms with van der Waals surface area (Å²) in [6.07, 6.45) is 0.563. The molecule has 6 heteroatoms. The average Bonchev–Trinajstić information content (AvgIpc) is 2.29. The van der Waals surface area contributed by atoms with E-state index in [1.54, 1.807) is 7.11 Å². The molecule has 2 N–H and O–H groups in total. The van der Waals surface area contributed by atoms with Crippen LogP contribution in [0.5, 0.6) is 0 Å². The minimum absolute atomic E-state index is 0.378. The van der Waals surface area contributed by atoms with Crippen LogP contribution in [0, 0.1) is 0 Å². The van der Waals surface area contributed by atoms with Crippen molar-refractivity contribution in [3.05, 3.63) is 0 Å². The molecule has 0 heterocycles. The molecule has 0 aromatic heterocycles. The molecule has 0 aromatic rings. The van der Waals surface area contributed by atoms with Gasteiger partial charge in [-0.25, -0.2) is 4.79 Å². The van der Waals surface area contributed by atoms with Crippen LogP contribution in [0.2, 0.25) is 0 Å². The standard InChI is InChI=1S/C13H28N2O4/c1-13(2,3)19-12(16)15-8-7-14-6-5-9-18-11-10-17-4/h14H,5-11H2,1-4H3,(H,15,16). The second kappa shape index (κ2) is 11.0. The lowest BCUT2D eigenvalue weighted by Crippen LogP contribution is -2.36. The highest BCUT2D eigenvalue weighted by Gasteiger charge is 2.15. The molecule has 0 saturated heterocycles. The molecule has 0 saturated carbocycles. The molecule has 1 amide bonds. The molecule has 0 aliphatic rings. The van der Waals surface area contributed by atoms with Crippen molar-refractivity contribution in [3.63, 3.8) is 0 Å². The molecule has 0 aromatic carbocycles.